The Morgan fingerprint density at radius 1 is 1.19 bits per heavy atom. The monoisotopic (exact) mass is 289 g/mol. The molecule has 0 aromatic heterocycles. The van der Waals surface area contributed by atoms with E-state index in [0.717, 1.165) is 24.9 Å². The number of carbonyl (C=O) groups excluding carboxylic acids is 1. The zero-order valence-electron chi connectivity index (χ0n) is 13.0. The largest absolute Gasteiger partial charge is 0.352 e. The van der Waals surface area contributed by atoms with E-state index in [1.165, 1.54) is 24.8 Å². The summed E-state index contributed by atoms with van der Waals surface area (Å²) in [5, 5.41) is 3.16. The number of carbonyl (C=O) groups is 1. The van der Waals surface area contributed by atoms with Crippen molar-refractivity contribution in [2.24, 2.45) is 5.73 Å². The fourth-order valence-corrected chi connectivity index (χ4v) is 2.91. The zero-order chi connectivity index (χ0) is 15.1. The van der Waals surface area contributed by atoms with Gasteiger partial charge in [-0.05, 0) is 31.0 Å². The Balaban J connectivity index is 1.74. The molecule has 2 rings (SSSR count). The zero-order valence-corrected chi connectivity index (χ0v) is 13.0. The maximum Gasteiger partial charge on any atom is 0.234 e. The molecule has 3 N–H and O–H groups in total. The van der Waals surface area contributed by atoms with Crippen LogP contribution >= 0.6 is 0 Å². The van der Waals surface area contributed by atoms with Crippen LogP contribution < -0.4 is 11.1 Å². The molecule has 1 fully saturated rings. The molecule has 116 valence electrons. The summed E-state index contributed by atoms with van der Waals surface area (Å²) in [5.41, 5.74) is 7.94. The number of benzene rings is 1. The topological polar surface area (TPSA) is 58.4 Å². The van der Waals surface area contributed by atoms with Gasteiger partial charge in [0.1, 0.15) is 0 Å². The highest BCUT2D eigenvalue weighted by molar-refractivity contribution is 5.78. The summed E-state index contributed by atoms with van der Waals surface area (Å²) in [7, 11) is 1.98. The Morgan fingerprint density at radius 3 is 2.43 bits per heavy atom. The molecule has 0 unspecified atom stereocenters. The minimum Gasteiger partial charge on any atom is -0.352 e. The van der Waals surface area contributed by atoms with Crippen molar-refractivity contribution in [3.8, 4) is 0 Å². The molecule has 1 aliphatic rings. The van der Waals surface area contributed by atoms with Crippen LogP contribution in [0, 0.1) is 0 Å². The summed E-state index contributed by atoms with van der Waals surface area (Å²) >= 11 is 0. The molecule has 0 spiro atoms. The van der Waals surface area contributed by atoms with Crippen molar-refractivity contribution in [1.82, 2.24) is 10.2 Å². The van der Waals surface area contributed by atoms with Crippen LogP contribution in [0.1, 0.15) is 43.2 Å². The fourth-order valence-electron chi connectivity index (χ4n) is 2.91. The molecule has 0 saturated heterocycles. The molecule has 1 aromatic rings. The van der Waals surface area contributed by atoms with Gasteiger partial charge in [0.2, 0.25) is 5.91 Å². The third-order valence-electron chi connectivity index (χ3n) is 4.09. The van der Waals surface area contributed by atoms with Crippen LogP contribution in [0.5, 0.6) is 0 Å². The molecule has 0 bridgehead atoms. The summed E-state index contributed by atoms with van der Waals surface area (Å²) in [4.78, 5) is 14.1. The lowest BCUT2D eigenvalue weighted by atomic mass is 9.95. The standard InChI is InChI=1S/C17H27N3O/c1-20(12-15-9-7-14(11-18)8-10-15)13-17(21)19-16-5-3-2-4-6-16/h7-10,16H,2-6,11-13,18H2,1H3,(H,19,21). The quantitative estimate of drug-likeness (QED) is 0.842. The molecule has 4 nitrogen and oxygen atoms in total. The van der Waals surface area contributed by atoms with E-state index in [4.69, 9.17) is 5.73 Å². The van der Waals surface area contributed by atoms with Gasteiger partial charge in [0.15, 0.2) is 0 Å². The van der Waals surface area contributed by atoms with Crippen molar-refractivity contribution < 1.29 is 4.79 Å². The van der Waals surface area contributed by atoms with E-state index < -0.39 is 0 Å². The van der Waals surface area contributed by atoms with Gasteiger partial charge in [-0.25, -0.2) is 0 Å². The second kappa shape index (κ2) is 8.15. The Bertz CT molecular complexity index is 438. The molecular formula is C17H27N3O. The minimum atomic E-state index is 0.142. The molecule has 4 heteroatoms. The fraction of sp³-hybridized carbons (Fsp3) is 0.588. The number of amides is 1. The lowest BCUT2D eigenvalue weighted by Gasteiger charge is -2.24. The predicted molar refractivity (Wildman–Crippen MR) is 85.7 cm³/mol. The van der Waals surface area contributed by atoms with Gasteiger partial charge in [-0.15, -0.1) is 0 Å². The molecule has 0 heterocycles. The van der Waals surface area contributed by atoms with Gasteiger partial charge < -0.3 is 11.1 Å². The number of nitrogens with zero attached hydrogens (tertiary/aromatic N) is 1. The summed E-state index contributed by atoms with van der Waals surface area (Å²) in [5.74, 6) is 0.142. The average Bonchev–Trinajstić information content (AvgIpc) is 2.48. The Kier molecular flexibility index (Phi) is 6.21. The summed E-state index contributed by atoms with van der Waals surface area (Å²) in [6.45, 7) is 1.80. The van der Waals surface area contributed by atoms with E-state index in [1.54, 1.807) is 0 Å². The van der Waals surface area contributed by atoms with Crippen LogP contribution in [0.4, 0.5) is 0 Å². The molecule has 0 radical (unpaired) electrons. The Hall–Kier alpha value is -1.39. The van der Waals surface area contributed by atoms with Crippen molar-refractivity contribution in [3.05, 3.63) is 35.4 Å². The maximum atomic E-state index is 12.0. The smallest absolute Gasteiger partial charge is 0.234 e. The normalized spacial score (nSPS) is 16.1. The first-order valence-corrected chi connectivity index (χ1v) is 7.93. The third kappa shape index (κ3) is 5.48. The number of likely N-dealkylation sites (N-methyl/N-ethyl adjacent to an activating group) is 1. The predicted octanol–water partition coefficient (Wildman–Crippen LogP) is 2.03. The lowest BCUT2D eigenvalue weighted by Crippen LogP contribution is -2.41. The molecule has 1 amide bonds. The third-order valence-corrected chi connectivity index (χ3v) is 4.09. The number of hydrogen-bond donors (Lipinski definition) is 2. The van der Waals surface area contributed by atoms with Gasteiger partial charge in [0.25, 0.3) is 0 Å². The SMILES string of the molecule is CN(CC(=O)NC1CCCCC1)Cc1ccc(CN)cc1. The van der Waals surface area contributed by atoms with Gasteiger partial charge in [-0.1, -0.05) is 43.5 Å². The van der Waals surface area contributed by atoms with E-state index >= 15 is 0 Å². The number of nitrogens with one attached hydrogen (secondary N) is 1. The van der Waals surface area contributed by atoms with Crippen molar-refractivity contribution in [3.63, 3.8) is 0 Å². The summed E-state index contributed by atoms with van der Waals surface area (Å²) in [6.07, 6.45) is 6.07. The average molecular weight is 289 g/mol. The highest BCUT2D eigenvalue weighted by Crippen LogP contribution is 2.17. The first-order chi connectivity index (χ1) is 10.2. The Morgan fingerprint density at radius 2 is 1.81 bits per heavy atom. The van der Waals surface area contributed by atoms with E-state index in [0.29, 0.717) is 19.1 Å². The van der Waals surface area contributed by atoms with Crippen LogP contribution in [0.15, 0.2) is 24.3 Å². The maximum absolute atomic E-state index is 12.0. The first-order valence-electron chi connectivity index (χ1n) is 7.93. The highest BCUT2D eigenvalue weighted by Gasteiger charge is 2.16. The van der Waals surface area contributed by atoms with E-state index in [-0.39, 0.29) is 5.91 Å². The van der Waals surface area contributed by atoms with Gasteiger partial charge in [0, 0.05) is 19.1 Å². The molecule has 1 saturated carbocycles. The van der Waals surface area contributed by atoms with E-state index in [2.05, 4.69) is 22.3 Å². The van der Waals surface area contributed by atoms with Gasteiger partial charge in [0.05, 0.1) is 6.54 Å². The Labute approximate surface area is 127 Å². The van der Waals surface area contributed by atoms with Crippen molar-refractivity contribution in [1.29, 1.82) is 0 Å². The summed E-state index contributed by atoms with van der Waals surface area (Å²) in [6, 6.07) is 8.65. The molecule has 1 aliphatic carbocycles. The lowest BCUT2D eigenvalue weighted by molar-refractivity contribution is -0.123. The van der Waals surface area contributed by atoms with Crippen LogP contribution in [0.2, 0.25) is 0 Å². The van der Waals surface area contributed by atoms with Crippen molar-refractivity contribution >= 4 is 5.91 Å². The van der Waals surface area contributed by atoms with Crippen molar-refractivity contribution in [2.75, 3.05) is 13.6 Å². The molecule has 0 aliphatic heterocycles. The second-order valence-corrected chi connectivity index (χ2v) is 6.10. The van der Waals surface area contributed by atoms with Crippen LogP contribution in [-0.4, -0.2) is 30.4 Å². The first kappa shape index (κ1) is 16.0. The van der Waals surface area contributed by atoms with Crippen LogP contribution in [0.3, 0.4) is 0 Å². The molecular weight excluding hydrogens is 262 g/mol. The van der Waals surface area contributed by atoms with Gasteiger partial charge in [-0.2, -0.15) is 0 Å². The minimum absolute atomic E-state index is 0.142. The van der Waals surface area contributed by atoms with E-state index in [1.807, 2.05) is 19.2 Å². The van der Waals surface area contributed by atoms with Gasteiger partial charge in [-0.3, -0.25) is 9.69 Å². The van der Waals surface area contributed by atoms with Crippen molar-refractivity contribution in [2.45, 2.75) is 51.2 Å². The molecule has 21 heavy (non-hydrogen) atoms. The molecule has 1 aromatic carbocycles. The van der Waals surface area contributed by atoms with Crippen LogP contribution in [0.25, 0.3) is 0 Å². The highest BCUT2D eigenvalue weighted by atomic mass is 16.2. The van der Waals surface area contributed by atoms with E-state index in [9.17, 15) is 4.79 Å². The number of nitrogens with two attached hydrogens (primary N) is 1. The van der Waals surface area contributed by atoms with Crippen LogP contribution in [-0.2, 0) is 17.9 Å². The summed E-state index contributed by atoms with van der Waals surface area (Å²) < 4.78 is 0. The number of hydrogen-bond acceptors (Lipinski definition) is 3. The molecule has 0 atom stereocenters. The van der Waals surface area contributed by atoms with Gasteiger partial charge >= 0.3 is 0 Å². The second-order valence-electron chi connectivity index (χ2n) is 6.10. The number of rotatable bonds is 6.